The van der Waals surface area contributed by atoms with Gasteiger partial charge in [0.15, 0.2) is 0 Å². The van der Waals surface area contributed by atoms with E-state index in [9.17, 15) is 4.79 Å². The third-order valence-corrected chi connectivity index (χ3v) is 3.19. The fraction of sp³-hybridized carbons (Fsp3) is 0.900. The van der Waals surface area contributed by atoms with E-state index in [0.717, 1.165) is 45.6 Å². The molecule has 0 unspecified atom stereocenters. The van der Waals surface area contributed by atoms with Crippen molar-refractivity contribution in [2.45, 2.75) is 12.8 Å². The fourth-order valence-corrected chi connectivity index (χ4v) is 2.01. The van der Waals surface area contributed by atoms with E-state index in [4.69, 9.17) is 5.53 Å². The van der Waals surface area contributed by atoms with Crippen LogP contribution in [-0.4, -0.2) is 55.0 Å². The summed E-state index contributed by atoms with van der Waals surface area (Å²) in [6.45, 7) is 4.78. The smallest absolute Gasteiger partial charge is 0.225 e. The van der Waals surface area contributed by atoms with Gasteiger partial charge in [0.2, 0.25) is 5.91 Å². The van der Waals surface area contributed by atoms with E-state index in [0.29, 0.717) is 18.4 Å². The van der Waals surface area contributed by atoms with Crippen LogP contribution in [0.4, 0.5) is 0 Å². The van der Waals surface area contributed by atoms with Gasteiger partial charge in [-0.1, -0.05) is 5.11 Å². The minimum Gasteiger partial charge on any atom is -0.340 e. The average molecular weight is 223 g/mol. The molecule has 1 saturated carbocycles. The van der Waals surface area contributed by atoms with Crippen molar-refractivity contribution < 1.29 is 4.79 Å². The highest BCUT2D eigenvalue weighted by Crippen LogP contribution is 2.31. The summed E-state index contributed by atoms with van der Waals surface area (Å²) in [5.41, 5.74) is 8.17. The van der Waals surface area contributed by atoms with Crippen LogP contribution in [0.2, 0.25) is 0 Å². The first-order valence-electron chi connectivity index (χ1n) is 5.83. The van der Waals surface area contributed by atoms with Crippen molar-refractivity contribution in [3.05, 3.63) is 10.4 Å². The molecule has 88 valence electrons. The zero-order valence-corrected chi connectivity index (χ0v) is 9.38. The van der Waals surface area contributed by atoms with Crippen molar-refractivity contribution >= 4 is 5.91 Å². The van der Waals surface area contributed by atoms with Gasteiger partial charge >= 0.3 is 0 Å². The van der Waals surface area contributed by atoms with E-state index >= 15 is 0 Å². The maximum Gasteiger partial charge on any atom is 0.225 e. The molecule has 1 heterocycles. The van der Waals surface area contributed by atoms with E-state index in [2.05, 4.69) is 14.9 Å². The van der Waals surface area contributed by atoms with Crippen LogP contribution in [0, 0.1) is 5.92 Å². The summed E-state index contributed by atoms with van der Waals surface area (Å²) in [5, 5.41) is 3.52. The Kier molecular flexibility index (Phi) is 3.64. The topological polar surface area (TPSA) is 72.3 Å². The molecule has 1 saturated heterocycles. The number of hydrogen-bond acceptors (Lipinski definition) is 3. The molecule has 0 aromatic heterocycles. The lowest BCUT2D eigenvalue weighted by atomic mass is 10.2. The Balaban J connectivity index is 1.69. The number of amides is 1. The number of nitrogens with zero attached hydrogens (tertiary/aromatic N) is 5. The van der Waals surface area contributed by atoms with Crippen LogP contribution in [-0.2, 0) is 4.79 Å². The maximum atomic E-state index is 11.8. The van der Waals surface area contributed by atoms with Gasteiger partial charge in [0.1, 0.15) is 0 Å². The molecule has 0 spiro atoms. The van der Waals surface area contributed by atoms with Crippen LogP contribution in [0.1, 0.15) is 12.8 Å². The van der Waals surface area contributed by atoms with Crippen LogP contribution in [0.3, 0.4) is 0 Å². The second-order valence-electron chi connectivity index (χ2n) is 4.40. The number of rotatable bonds is 4. The van der Waals surface area contributed by atoms with Crippen LogP contribution >= 0.6 is 0 Å². The minimum absolute atomic E-state index is 0.328. The van der Waals surface area contributed by atoms with Crippen molar-refractivity contribution in [1.82, 2.24) is 9.80 Å². The quantitative estimate of drug-likeness (QED) is 0.402. The Labute approximate surface area is 94.8 Å². The van der Waals surface area contributed by atoms with E-state index in [1.54, 1.807) is 0 Å². The molecule has 2 fully saturated rings. The van der Waals surface area contributed by atoms with E-state index in [1.165, 1.54) is 0 Å². The van der Waals surface area contributed by atoms with Crippen LogP contribution < -0.4 is 0 Å². The highest BCUT2D eigenvalue weighted by Gasteiger charge is 2.34. The van der Waals surface area contributed by atoms with Gasteiger partial charge < -0.3 is 4.90 Å². The molecule has 0 aromatic rings. The molecule has 0 radical (unpaired) electrons. The summed E-state index contributed by atoms with van der Waals surface area (Å²) >= 11 is 0. The van der Waals surface area contributed by atoms with E-state index in [1.807, 2.05) is 4.90 Å². The van der Waals surface area contributed by atoms with Gasteiger partial charge in [-0.2, -0.15) is 0 Å². The largest absolute Gasteiger partial charge is 0.340 e. The fourth-order valence-electron chi connectivity index (χ4n) is 2.01. The lowest BCUT2D eigenvalue weighted by Crippen LogP contribution is -2.49. The number of carbonyl (C=O) groups excluding carboxylic acids is 1. The zero-order valence-electron chi connectivity index (χ0n) is 9.38. The summed E-state index contributed by atoms with van der Waals surface area (Å²) in [7, 11) is 0. The molecule has 1 amide bonds. The molecular formula is C10H17N5O. The van der Waals surface area contributed by atoms with Gasteiger partial charge in [-0.3, -0.25) is 9.69 Å². The summed E-state index contributed by atoms with van der Waals surface area (Å²) in [4.78, 5) is 18.7. The number of hydrogen-bond donors (Lipinski definition) is 0. The number of azide groups is 1. The SMILES string of the molecule is [N-]=[N+]=NCCN1CCN(C(=O)C2CC2)CC1. The maximum absolute atomic E-state index is 11.8. The van der Waals surface area contributed by atoms with Gasteiger partial charge in [-0.15, -0.1) is 0 Å². The molecule has 6 heteroatoms. The Morgan fingerprint density at radius 1 is 1.31 bits per heavy atom. The lowest BCUT2D eigenvalue weighted by Gasteiger charge is -2.34. The molecular weight excluding hydrogens is 206 g/mol. The van der Waals surface area contributed by atoms with Gasteiger partial charge in [0, 0.05) is 50.1 Å². The Morgan fingerprint density at radius 3 is 2.56 bits per heavy atom. The van der Waals surface area contributed by atoms with Crippen molar-refractivity contribution in [3.63, 3.8) is 0 Å². The van der Waals surface area contributed by atoms with Crippen LogP contribution in [0.15, 0.2) is 5.11 Å². The third-order valence-electron chi connectivity index (χ3n) is 3.19. The molecule has 2 aliphatic rings. The molecule has 0 atom stereocenters. The average Bonchev–Trinajstić information content (AvgIpc) is 3.13. The Hall–Kier alpha value is -1.26. The van der Waals surface area contributed by atoms with Crippen LogP contribution in [0.5, 0.6) is 0 Å². The highest BCUT2D eigenvalue weighted by molar-refractivity contribution is 5.81. The molecule has 0 N–H and O–H groups in total. The van der Waals surface area contributed by atoms with Gasteiger partial charge in [-0.25, -0.2) is 0 Å². The number of piperazine rings is 1. The van der Waals surface area contributed by atoms with Crippen molar-refractivity contribution in [2.24, 2.45) is 11.0 Å². The van der Waals surface area contributed by atoms with E-state index < -0.39 is 0 Å². The molecule has 6 nitrogen and oxygen atoms in total. The molecule has 0 aromatic carbocycles. The third kappa shape index (κ3) is 2.87. The first-order valence-corrected chi connectivity index (χ1v) is 5.83. The Morgan fingerprint density at radius 2 is 2.00 bits per heavy atom. The van der Waals surface area contributed by atoms with Gasteiger partial charge in [0.05, 0.1) is 0 Å². The molecule has 2 rings (SSSR count). The van der Waals surface area contributed by atoms with E-state index in [-0.39, 0.29) is 0 Å². The highest BCUT2D eigenvalue weighted by atomic mass is 16.2. The first-order chi connectivity index (χ1) is 7.81. The number of carbonyl (C=O) groups is 1. The summed E-state index contributed by atoms with van der Waals surface area (Å²) < 4.78 is 0. The van der Waals surface area contributed by atoms with Gasteiger partial charge in [0.25, 0.3) is 0 Å². The van der Waals surface area contributed by atoms with Crippen LogP contribution in [0.25, 0.3) is 10.4 Å². The molecule has 1 aliphatic carbocycles. The predicted octanol–water partition coefficient (Wildman–Crippen LogP) is 0.851. The van der Waals surface area contributed by atoms with Crippen molar-refractivity contribution in [3.8, 4) is 0 Å². The standard InChI is InChI=1S/C10H17N5O/c11-13-12-3-4-14-5-7-15(8-6-14)10(16)9-1-2-9/h9H,1-8H2. The Bertz CT molecular complexity index is 300. The summed E-state index contributed by atoms with van der Waals surface area (Å²) in [6.07, 6.45) is 2.16. The van der Waals surface area contributed by atoms with Crippen molar-refractivity contribution in [2.75, 3.05) is 39.3 Å². The second-order valence-corrected chi connectivity index (χ2v) is 4.40. The summed E-state index contributed by atoms with van der Waals surface area (Å²) in [6, 6.07) is 0. The predicted molar refractivity (Wildman–Crippen MR) is 59.8 cm³/mol. The van der Waals surface area contributed by atoms with Crippen molar-refractivity contribution in [1.29, 1.82) is 0 Å². The second kappa shape index (κ2) is 5.18. The zero-order chi connectivity index (χ0) is 11.4. The lowest BCUT2D eigenvalue weighted by molar-refractivity contribution is -0.134. The molecule has 0 bridgehead atoms. The normalized spacial score (nSPS) is 21.6. The molecule has 16 heavy (non-hydrogen) atoms. The molecule has 1 aliphatic heterocycles. The minimum atomic E-state index is 0.328. The monoisotopic (exact) mass is 223 g/mol. The first kappa shape index (κ1) is 11.2. The van der Waals surface area contributed by atoms with Gasteiger partial charge in [-0.05, 0) is 18.4 Å². The summed E-state index contributed by atoms with van der Waals surface area (Å²) in [5.74, 6) is 0.671.